The Kier molecular flexibility index (Phi) is 4.40. The SMILES string of the molecule is COC1(CN=C(N)C2CCCCC2)CCOC1. The van der Waals surface area contributed by atoms with Gasteiger partial charge in [-0.2, -0.15) is 0 Å². The predicted octanol–water partition coefficient (Wildman–Crippen LogP) is 1.73. The van der Waals surface area contributed by atoms with E-state index in [0.717, 1.165) is 18.9 Å². The molecule has 1 aliphatic carbocycles. The maximum absolute atomic E-state index is 6.09. The predicted molar refractivity (Wildman–Crippen MR) is 68.2 cm³/mol. The van der Waals surface area contributed by atoms with Crippen molar-refractivity contribution in [1.82, 2.24) is 0 Å². The third-order valence-electron chi connectivity index (χ3n) is 4.07. The minimum atomic E-state index is -0.223. The van der Waals surface area contributed by atoms with Crippen LogP contribution in [0.5, 0.6) is 0 Å². The third-order valence-corrected chi connectivity index (χ3v) is 4.07. The molecule has 0 amide bonds. The molecule has 98 valence electrons. The summed E-state index contributed by atoms with van der Waals surface area (Å²) in [6.07, 6.45) is 7.25. The van der Waals surface area contributed by atoms with E-state index in [2.05, 4.69) is 4.99 Å². The molecule has 1 saturated carbocycles. The van der Waals surface area contributed by atoms with Gasteiger partial charge in [-0.25, -0.2) is 0 Å². The molecule has 1 unspecified atom stereocenters. The molecule has 2 N–H and O–H groups in total. The molecule has 17 heavy (non-hydrogen) atoms. The van der Waals surface area contributed by atoms with Gasteiger partial charge in [-0.05, 0) is 12.8 Å². The van der Waals surface area contributed by atoms with Gasteiger partial charge in [0, 0.05) is 26.1 Å². The van der Waals surface area contributed by atoms with E-state index in [1.165, 1.54) is 32.1 Å². The van der Waals surface area contributed by atoms with Crippen molar-refractivity contribution < 1.29 is 9.47 Å². The van der Waals surface area contributed by atoms with Gasteiger partial charge in [0.1, 0.15) is 5.60 Å². The first-order valence-corrected chi connectivity index (χ1v) is 6.68. The average Bonchev–Trinajstić information content (AvgIpc) is 2.86. The number of methoxy groups -OCH3 is 1. The molecule has 1 aliphatic heterocycles. The summed E-state index contributed by atoms with van der Waals surface area (Å²) in [5.41, 5.74) is 5.87. The lowest BCUT2D eigenvalue weighted by atomic mass is 9.88. The average molecular weight is 240 g/mol. The summed E-state index contributed by atoms with van der Waals surface area (Å²) in [4.78, 5) is 4.56. The highest BCUT2D eigenvalue weighted by Crippen LogP contribution is 2.26. The van der Waals surface area contributed by atoms with Gasteiger partial charge in [0.25, 0.3) is 0 Å². The highest BCUT2D eigenvalue weighted by molar-refractivity contribution is 5.82. The summed E-state index contributed by atoms with van der Waals surface area (Å²) in [5, 5.41) is 0. The number of nitrogens with two attached hydrogens (primary N) is 1. The Labute approximate surface area is 104 Å². The van der Waals surface area contributed by atoms with Crippen LogP contribution in [0.1, 0.15) is 38.5 Å². The fourth-order valence-corrected chi connectivity index (χ4v) is 2.70. The molecule has 2 fully saturated rings. The van der Waals surface area contributed by atoms with E-state index in [4.69, 9.17) is 15.2 Å². The van der Waals surface area contributed by atoms with Gasteiger partial charge in [-0.15, -0.1) is 0 Å². The molecule has 0 spiro atoms. The van der Waals surface area contributed by atoms with Gasteiger partial charge >= 0.3 is 0 Å². The van der Waals surface area contributed by atoms with Crippen LogP contribution in [0.4, 0.5) is 0 Å². The number of rotatable bonds is 4. The first-order valence-electron chi connectivity index (χ1n) is 6.68. The summed E-state index contributed by atoms with van der Waals surface area (Å²) in [6, 6.07) is 0. The van der Waals surface area contributed by atoms with Gasteiger partial charge < -0.3 is 15.2 Å². The lowest BCUT2D eigenvalue weighted by Crippen LogP contribution is -2.37. The van der Waals surface area contributed by atoms with Gasteiger partial charge in [0.2, 0.25) is 0 Å². The lowest BCUT2D eigenvalue weighted by Gasteiger charge is -2.25. The Morgan fingerprint density at radius 2 is 2.18 bits per heavy atom. The zero-order valence-corrected chi connectivity index (χ0v) is 10.8. The number of ether oxygens (including phenoxy) is 2. The van der Waals surface area contributed by atoms with Crippen molar-refractivity contribution in [2.45, 2.75) is 44.1 Å². The molecule has 0 aromatic rings. The van der Waals surface area contributed by atoms with Crippen molar-refractivity contribution in [1.29, 1.82) is 0 Å². The number of nitrogens with zero attached hydrogens (tertiary/aromatic N) is 1. The second-order valence-corrected chi connectivity index (χ2v) is 5.27. The molecule has 4 heteroatoms. The molecule has 1 atom stereocenters. The Morgan fingerprint density at radius 3 is 2.76 bits per heavy atom. The highest BCUT2D eigenvalue weighted by atomic mass is 16.5. The van der Waals surface area contributed by atoms with Crippen molar-refractivity contribution in [3.63, 3.8) is 0 Å². The quantitative estimate of drug-likeness (QED) is 0.601. The second-order valence-electron chi connectivity index (χ2n) is 5.27. The standard InChI is InChI=1S/C13H24N2O2/c1-16-13(7-8-17-10-13)9-15-12(14)11-5-3-2-4-6-11/h11H,2-10H2,1H3,(H2,14,15). The zero-order chi connectivity index (χ0) is 12.1. The Balaban J connectivity index is 1.89. The van der Waals surface area contributed by atoms with E-state index in [0.29, 0.717) is 19.1 Å². The van der Waals surface area contributed by atoms with Gasteiger partial charge in [0.15, 0.2) is 0 Å². The van der Waals surface area contributed by atoms with Crippen molar-refractivity contribution in [3.05, 3.63) is 0 Å². The van der Waals surface area contributed by atoms with Crippen molar-refractivity contribution in [2.24, 2.45) is 16.6 Å². The highest BCUT2D eigenvalue weighted by Gasteiger charge is 2.35. The molecule has 4 nitrogen and oxygen atoms in total. The molecule has 1 saturated heterocycles. The Morgan fingerprint density at radius 1 is 1.41 bits per heavy atom. The number of hydrogen-bond donors (Lipinski definition) is 1. The molecule has 2 rings (SSSR count). The fourth-order valence-electron chi connectivity index (χ4n) is 2.70. The first-order chi connectivity index (χ1) is 8.26. The molecule has 2 aliphatic rings. The minimum Gasteiger partial charge on any atom is -0.387 e. The topological polar surface area (TPSA) is 56.8 Å². The molecule has 0 aromatic heterocycles. The maximum Gasteiger partial charge on any atom is 0.113 e. The van der Waals surface area contributed by atoms with Crippen LogP contribution < -0.4 is 5.73 Å². The van der Waals surface area contributed by atoms with Crippen LogP contribution in [0.25, 0.3) is 0 Å². The summed E-state index contributed by atoms with van der Waals surface area (Å²) in [5.74, 6) is 1.33. The Hall–Kier alpha value is -0.610. The monoisotopic (exact) mass is 240 g/mol. The first kappa shape index (κ1) is 12.8. The van der Waals surface area contributed by atoms with Gasteiger partial charge in [-0.3, -0.25) is 4.99 Å². The maximum atomic E-state index is 6.09. The van der Waals surface area contributed by atoms with Crippen molar-refractivity contribution in [2.75, 3.05) is 26.9 Å². The number of hydrogen-bond acceptors (Lipinski definition) is 3. The van der Waals surface area contributed by atoms with E-state index in [1.807, 2.05) is 0 Å². The van der Waals surface area contributed by atoms with E-state index >= 15 is 0 Å². The summed E-state index contributed by atoms with van der Waals surface area (Å²) < 4.78 is 10.9. The molecule has 0 bridgehead atoms. The molecule has 0 aromatic carbocycles. The van der Waals surface area contributed by atoms with Crippen LogP contribution in [-0.2, 0) is 9.47 Å². The fraction of sp³-hybridized carbons (Fsp3) is 0.923. The van der Waals surface area contributed by atoms with Gasteiger partial charge in [0.05, 0.1) is 19.0 Å². The molecule has 1 heterocycles. The molecule has 0 radical (unpaired) electrons. The third kappa shape index (κ3) is 3.19. The minimum absolute atomic E-state index is 0.223. The number of amidine groups is 1. The van der Waals surface area contributed by atoms with E-state index in [9.17, 15) is 0 Å². The largest absolute Gasteiger partial charge is 0.387 e. The second kappa shape index (κ2) is 5.83. The van der Waals surface area contributed by atoms with Gasteiger partial charge in [-0.1, -0.05) is 19.3 Å². The van der Waals surface area contributed by atoms with Crippen LogP contribution in [0, 0.1) is 5.92 Å². The molecular formula is C13H24N2O2. The van der Waals surface area contributed by atoms with Crippen molar-refractivity contribution >= 4 is 5.84 Å². The van der Waals surface area contributed by atoms with Crippen LogP contribution in [-0.4, -0.2) is 38.3 Å². The normalized spacial score (nSPS) is 31.9. The van der Waals surface area contributed by atoms with E-state index in [1.54, 1.807) is 7.11 Å². The summed E-state index contributed by atoms with van der Waals surface area (Å²) in [7, 11) is 1.74. The zero-order valence-electron chi connectivity index (χ0n) is 10.8. The van der Waals surface area contributed by atoms with E-state index in [-0.39, 0.29) is 5.60 Å². The summed E-state index contributed by atoms with van der Waals surface area (Å²) in [6.45, 7) is 2.06. The van der Waals surface area contributed by atoms with Crippen LogP contribution in [0.15, 0.2) is 4.99 Å². The van der Waals surface area contributed by atoms with E-state index < -0.39 is 0 Å². The van der Waals surface area contributed by atoms with Crippen LogP contribution >= 0.6 is 0 Å². The number of aliphatic imine (C=N–C) groups is 1. The summed E-state index contributed by atoms with van der Waals surface area (Å²) >= 11 is 0. The van der Waals surface area contributed by atoms with Crippen LogP contribution in [0.2, 0.25) is 0 Å². The Bertz CT molecular complexity index is 267. The smallest absolute Gasteiger partial charge is 0.113 e. The molecular weight excluding hydrogens is 216 g/mol. The lowest BCUT2D eigenvalue weighted by molar-refractivity contribution is -0.00908. The van der Waals surface area contributed by atoms with Crippen molar-refractivity contribution in [3.8, 4) is 0 Å². The van der Waals surface area contributed by atoms with Crippen LogP contribution in [0.3, 0.4) is 0 Å².